The molecule has 2 unspecified atom stereocenters. The van der Waals surface area contributed by atoms with Crippen molar-refractivity contribution < 1.29 is 15.0 Å². The van der Waals surface area contributed by atoms with Crippen LogP contribution >= 0.6 is 11.6 Å². The summed E-state index contributed by atoms with van der Waals surface area (Å²) in [6.07, 6.45) is -0.647. The van der Waals surface area contributed by atoms with E-state index < -0.39 is 12.1 Å². The Bertz CT molecular complexity index is 406. The largest absolute Gasteiger partial charge is 0.394 e. The highest BCUT2D eigenvalue weighted by molar-refractivity contribution is 6.30. The fourth-order valence-corrected chi connectivity index (χ4v) is 1.73. The first-order chi connectivity index (χ1) is 8.93. The zero-order chi connectivity index (χ0) is 14.4. The number of aliphatic hydroxyl groups is 2. The molecule has 0 saturated heterocycles. The molecule has 0 saturated carbocycles. The first-order valence-corrected chi connectivity index (χ1v) is 6.65. The molecular formula is C14H20ClNO3. The lowest BCUT2D eigenvalue weighted by Gasteiger charge is -2.19. The van der Waals surface area contributed by atoms with Crippen molar-refractivity contribution in [3.63, 3.8) is 0 Å². The van der Waals surface area contributed by atoms with E-state index >= 15 is 0 Å². The zero-order valence-electron chi connectivity index (χ0n) is 11.1. The number of hydrogen-bond acceptors (Lipinski definition) is 3. The molecule has 0 aliphatic carbocycles. The smallest absolute Gasteiger partial charge is 0.223 e. The summed E-state index contributed by atoms with van der Waals surface area (Å²) in [5.74, 6) is -0.260. The van der Waals surface area contributed by atoms with Crippen LogP contribution in [0.25, 0.3) is 0 Å². The second-order valence-electron chi connectivity index (χ2n) is 4.87. The first-order valence-electron chi connectivity index (χ1n) is 6.27. The quantitative estimate of drug-likeness (QED) is 0.748. The van der Waals surface area contributed by atoms with Gasteiger partial charge >= 0.3 is 0 Å². The highest BCUT2D eigenvalue weighted by Crippen LogP contribution is 2.16. The van der Waals surface area contributed by atoms with Crippen molar-refractivity contribution in [3.8, 4) is 0 Å². The Hall–Kier alpha value is -1.10. The third-order valence-electron chi connectivity index (χ3n) is 2.95. The van der Waals surface area contributed by atoms with Crippen LogP contribution < -0.4 is 5.32 Å². The highest BCUT2D eigenvalue weighted by Gasteiger charge is 2.18. The van der Waals surface area contributed by atoms with Crippen molar-refractivity contribution >= 4 is 17.5 Å². The fourth-order valence-electron chi connectivity index (χ4n) is 1.61. The number of carbonyl (C=O) groups excluding carboxylic acids is 1. The Morgan fingerprint density at radius 3 is 2.37 bits per heavy atom. The van der Waals surface area contributed by atoms with Gasteiger partial charge in [0.15, 0.2) is 0 Å². The van der Waals surface area contributed by atoms with Crippen LogP contribution in [0.1, 0.15) is 31.9 Å². The van der Waals surface area contributed by atoms with E-state index in [0.29, 0.717) is 5.02 Å². The monoisotopic (exact) mass is 285 g/mol. The summed E-state index contributed by atoms with van der Waals surface area (Å²) in [6.45, 7) is 3.49. The van der Waals surface area contributed by atoms with Crippen LogP contribution in [-0.4, -0.2) is 28.8 Å². The molecular weight excluding hydrogens is 266 g/mol. The number of carbonyl (C=O) groups is 1. The van der Waals surface area contributed by atoms with Gasteiger partial charge in [-0.3, -0.25) is 4.79 Å². The molecule has 0 fully saturated rings. The van der Waals surface area contributed by atoms with E-state index in [1.165, 1.54) is 0 Å². The fraction of sp³-hybridized carbons (Fsp3) is 0.500. The van der Waals surface area contributed by atoms with Gasteiger partial charge in [-0.15, -0.1) is 0 Å². The van der Waals surface area contributed by atoms with E-state index in [1.54, 1.807) is 24.3 Å². The van der Waals surface area contributed by atoms with E-state index in [9.17, 15) is 15.0 Å². The van der Waals surface area contributed by atoms with E-state index in [2.05, 4.69) is 5.32 Å². The molecule has 106 valence electrons. The molecule has 3 N–H and O–H groups in total. The van der Waals surface area contributed by atoms with Crippen molar-refractivity contribution in [3.05, 3.63) is 34.9 Å². The number of hydrogen-bond donors (Lipinski definition) is 3. The van der Waals surface area contributed by atoms with Gasteiger partial charge in [0.25, 0.3) is 0 Å². The Morgan fingerprint density at radius 1 is 1.32 bits per heavy atom. The number of halogens is 1. The third-order valence-corrected chi connectivity index (χ3v) is 3.21. The average molecular weight is 286 g/mol. The Balaban J connectivity index is 2.62. The number of benzene rings is 1. The van der Waals surface area contributed by atoms with Crippen LogP contribution in [0.2, 0.25) is 5.02 Å². The van der Waals surface area contributed by atoms with Gasteiger partial charge in [-0.2, -0.15) is 0 Å². The molecule has 0 bridgehead atoms. The summed E-state index contributed by atoms with van der Waals surface area (Å²) in [6, 6.07) is 6.43. The second-order valence-corrected chi connectivity index (χ2v) is 5.31. The Labute approximate surface area is 118 Å². The van der Waals surface area contributed by atoms with E-state index in [-0.39, 0.29) is 24.9 Å². The minimum absolute atomic E-state index is 0.0221. The average Bonchev–Trinajstić information content (AvgIpc) is 2.37. The van der Waals surface area contributed by atoms with Crippen molar-refractivity contribution in [1.82, 2.24) is 5.32 Å². The normalized spacial score (nSPS) is 14.2. The molecule has 0 spiro atoms. The molecule has 1 aromatic carbocycles. The summed E-state index contributed by atoms with van der Waals surface area (Å²) in [4.78, 5) is 11.8. The van der Waals surface area contributed by atoms with Gasteiger partial charge in [0.2, 0.25) is 5.91 Å². The summed E-state index contributed by atoms with van der Waals surface area (Å²) >= 11 is 5.79. The van der Waals surface area contributed by atoms with Crippen LogP contribution in [0.15, 0.2) is 24.3 Å². The molecule has 0 radical (unpaired) electrons. The van der Waals surface area contributed by atoms with Crippen LogP contribution in [0.4, 0.5) is 0 Å². The van der Waals surface area contributed by atoms with Crippen LogP contribution in [0.5, 0.6) is 0 Å². The number of amides is 1. The minimum atomic E-state index is -0.676. The predicted molar refractivity (Wildman–Crippen MR) is 74.9 cm³/mol. The summed E-state index contributed by atoms with van der Waals surface area (Å²) in [7, 11) is 0. The molecule has 0 aliphatic rings. The molecule has 1 aromatic rings. The lowest BCUT2D eigenvalue weighted by Crippen LogP contribution is -2.34. The molecule has 4 nitrogen and oxygen atoms in total. The number of rotatable bonds is 6. The van der Waals surface area contributed by atoms with Gasteiger partial charge in [-0.1, -0.05) is 37.6 Å². The first kappa shape index (κ1) is 16.0. The summed E-state index contributed by atoms with van der Waals surface area (Å²) in [5, 5.41) is 22.3. The van der Waals surface area contributed by atoms with Crippen molar-refractivity contribution in [2.45, 2.75) is 32.4 Å². The van der Waals surface area contributed by atoms with Crippen LogP contribution in [0, 0.1) is 5.92 Å². The molecule has 0 heterocycles. The van der Waals surface area contributed by atoms with Crippen molar-refractivity contribution in [2.75, 3.05) is 6.61 Å². The van der Waals surface area contributed by atoms with Gasteiger partial charge in [-0.25, -0.2) is 0 Å². The predicted octanol–water partition coefficient (Wildman–Crippen LogP) is 1.90. The number of aliphatic hydroxyl groups excluding tert-OH is 2. The van der Waals surface area contributed by atoms with Crippen molar-refractivity contribution in [1.29, 1.82) is 0 Å². The molecule has 1 amide bonds. The molecule has 0 aliphatic heterocycles. The van der Waals surface area contributed by atoms with Crippen molar-refractivity contribution in [2.24, 2.45) is 5.92 Å². The standard InChI is InChI=1S/C14H20ClNO3/c1-9(2)13(18)7-14(19)16-12(8-17)10-3-5-11(15)6-4-10/h3-6,9,12-13,17-18H,7-8H2,1-2H3,(H,16,19). The molecule has 2 atom stereocenters. The Kier molecular flexibility index (Phi) is 6.28. The summed E-state index contributed by atoms with van der Waals surface area (Å²) in [5.41, 5.74) is 0.777. The maximum Gasteiger partial charge on any atom is 0.223 e. The minimum Gasteiger partial charge on any atom is -0.394 e. The van der Waals surface area contributed by atoms with Crippen LogP contribution in [0.3, 0.4) is 0 Å². The third kappa shape index (κ3) is 5.19. The molecule has 5 heteroatoms. The van der Waals surface area contributed by atoms with Gasteiger partial charge in [0.05, 0.1) is 25.2 Å². The lowest BCUT2D eigenvalue weighted by molar-refractivity contribution is -0.124. The van der Waals surface area contributed by atoms with E-state index in [0.717, 1.165) is 5.56 Å². The van der Waals surface area contributed by atoms with E-state index in [1.807, 2.05) is 13.8 Å². The van der Waals surface area contributed by atoms with Gasteiger partial charge in [0.1, 0.15) is 0 Å². The second kappa shape index (κ2) is 7.48. The maximum absolute atomic E-state index is 11.8. The van der Waals surface area contributed by atoms with Crippen LogP contribution in [-0.2, 0) is 4.79 Å². The lowest BCUT2D eigenvalue weighted by atomic mass is 10.0. The number of nitrogens with one attached hydrogen (secondary N) is 1. The summed E-state index contributed by atoms with van der Waals surface area (Å²) < 4.78 is 0. The van der Waals surface area contributed by atoms with Gasteiger partial charge < -0.3 is 15.5 Å². The maximum atomic E-state index is 11.8. The SMILES string of the molecule is CC(C)C(O)CC(=O)NC(CO)c1ccc(Cl)cc1. The van der Waals surface area contributed by atoms with Gasteiger partial charge in [-0.05, 0) is 23.6 Å². The molecule has 0 aromatic heterocycles. The highest BCUT2D eigenvalue weighted by atomic mass is 35.5. The van der Waals surface area contributed by atoms with E-state index in [4.69, 9.17) is 11.6 Å². The Morgan fingerprint density at radius 2 is 1.89 bits per heavy atom. The zero-order valence-corrected chi connectivity index (χ0v) is 11.9. The van der Waals surface area contributed by atoms with Gasteiger partial charge in [0, 0.05) is 5.02 Å². The molecule has 1 rings (SSSR count). The topological polar surface area (TPSA) is 69.6 Å². The molecule has 19 heavy (non-hydrogen) atoms.